The zero-order valence-corrected chi connectivity index (χ0v) is 21.1. The maximum Gasteiger partial charge on any atom is 0.341 e. The van der Waals surface area contributed by atoms with Crippen molar-refractivity contribution >= 4 is 45.9 Å². The fraction of sp³-hybridized carbons (Fsp3) is 0.318. The minimum absolute atomic E-state index is 0.0278. The molecule has 0 bridgehead atoms. The standard InChI is InChI=1S/C22H25N5O5S2/c1-13-17(21(30)31-5)19(34-18(13)20(29)26(2)3)23-16(28)12-33-22-25-24-15(27(22)4)11-32-14-9-7-6-8-10-14/h6-10H,11-12H2,1-5H3,(H,23,28). The summed E-state index contributed by atoms with van der Waals surface area (Å²) in [6.07, 6.45) is 0. The summed E-state index contributed by atoms with van der Waals surface area (Å²) in [6, 6.07) is 9.37. The molecule has 0 saturated heterocycles. The smallest absolute Gasteiger partial charge is 0.341 e. The molecular weight excluding hydrogens is 478 g/mol. The molecule has 12 heteroatoms. The minimum Gasteiger partial charge on any atom is -0.486 e. The van der Waals surface area contributed by atoms with Crippen LogP contribution in [0, 0.1) is 6.92 Å². The molecule has 2 aromatic heterocycles. The molecule has 2 amide bonds. The van der Waals surface area contributed by atoms with Gasteiger partial charge in [-0.1, -0.05) is 30.0 Å². The number of amides is 2. The van der Waals surface area contributed by atoms with E-state index < -0.39 is 5.97 Å². The second kappa shape index (κ2) is 11.2. The summed E-state index contributed by atoms with van der Waals surface area (Å²) in [6.45, 7) is 1.89. The molecular formula is C22H25N5O5S2. The largest absolute Gasteiger partial charge is 0.486 e. The first-order chi connectivity index (χ1) is 16.2. The third-order valence-corrected chi connectivity index (χ3v) is 6.97. The Hall–Kier alpha value is -3.38. The van der Waals surface area contributed by atoms with E-state index >= 15 is 0 Å². The third kappa shape index (κ3) is 5.75. The van der Waals surface area contributed by atoms with Crippen molar-refractivity contribution in [3.8, 4) is 5.75 Å². The molecule has 10 nitrogen and oxygen atoms in total. The quantitative estimate of drug-likeness (QED) is 0.350. The van der Waals surface area contributed by atoms with Gasteiger partial charge in [-0.3, -0.25) is 9.59 Å². The number of nitrogens with one attached hydrogen (secondary N) is 1. The number of rotatable bonds is 9. The molecule has 2 heterocycles. The number of ether oxygens (including phenoxy) is 2. The lowest BCUT2D eigenvalue weighted by Gasteiger charge is -2.08. The lowest BCUT2D eigenvalue weighted by Crippen LogP contribution is -2.21. The van der Waals surface area contributed by atoms with Crippen molar-refractivity contribution in [3.63, 3.8) is 0 Å². The van der Waals surface area contributed by atoms with Crippen molar-refractivity contribution in [1.29, 1.82) is 0 Å². The number of aromatic nitrogens is 3. The van der Waals surface area contributed by atoms with E-state index in [-0.39, 0.29) is 34.7 Å². The molecule has 1 aromatic carbocycles. The summed E-state index contributed by atoms with van der Waals surface area (Å²) in [5, 5.41) is 11.8. The lowest BCUT2D eigenvalue weighted by atomic mass is 10.1. The summed E-state index contributed by atoms with van der Waals surface area (Å²) in [5.41, 5.74) is 0.643. The van der Waals surface area contributed by atoms with Crippen LogP contribution in [0.2, 0.25) is 0 Å². The maximum absolute atomic E-state index is 12.6. The zero-order valence-electron chi connectivity index (χ0n) is 19.4. The van der Waals surface area contributed by atoms with Gasteiger partial charge in [0.05, 0.1) is 23.3 Å². The molecule has 1 N–H and O–H groups in total. The average Bonchev–Trinajstić information content (AvgIpc) is 3.34. The summed E-state index contributed by atoms with van der Waals surface area (Å²) < 4.78 is 12.3. The van der Waals surface area contributed by atoms with E-state index in [1.807, 2.05) is 30.3 Å². The molecule has 0 aliphatic rings. The van der Waals surface area contributed by atoms with Gasteiger partial charge in [0, 0.05) is 21.1 Å². The Bertz CT molecular complexity index is 1190. The van der Waals surface area contributed by atoms with Crippen molar-refractivity contribution < 1.29 is 23.9 Å². The van der Waals surface area contributed by atoms with Gasteiger partial charge in [-0.25, -0.2) is 4.79 Å². The molecule has 0 saturated carbocycles. The SMILES string of the molecule is COC(=O)c1c(NC(=O)CSc2nnc(COc3ccccc3)n2C)sc(C(=O)N(C)C)c1C. The van der Waals surface area contributed by atoms with Gasteiger partial charge in [0.2, 0.25) is 5.91 Å². The van der Waals surface area contributed by atoms with Gasteiger partial charge in [0.25, 0.3) is 5.91 Å². The number of anilines is 1. The monoisotopic (exact) mass is 503 g/mol. The fourth-order valence-electron chi connectivity index (χ4n) is 2.91. The number of carbonyl (C=O) groups is 3. The van der Waals surface area contributed by atoms with Gasteiger partial charge in [-0.2, -0.15) is 0 Å². The van der Waals surface area contributed by atoms with E-state index in [9.17, 15) is 14.4 Å². The van der Waals surface area contributed by atoms with Crippen molar-refractivity contribution in [2.24, 2.45) is 7.05 Å². The van der Waals surface area contributed by atoms with Crippen LogP contribution in [0.5, 0.6) is 5.75 Å². The number of methoxy groups -OCH3 is 1. The molecule has 3 rings (SSSR count). The van der Waals surface area contributed by atoms with Crippen LogP contribution in [-0.4, -0.2) is 64.4 Å². The first kappa shape index (κ1) is 25.2. The van der Waals surface area contributed by atoms with E-state index in [0.717, 1.165) is 17.1 Å². The molecule has 0 aliphatic heterocycles. The van der Waals surface area contributed by atoms with Crippen LogP contribution in [-0.2, 0) is 23.2 Å². The van der Waals surface area contributed by atoms with Crippen LogP contribution < -0.4 is 10.1 Å². The predicted molar refractivity (Wildman–Crippen MR) is 130 cm³/mol. The average molecular weight is 504 g/mol. The lowest BCUT2D eigenvalue weighted by molar-refractivity contribution is -0.113. The maximum atomic E-state index is 12.6. The Labute approximate surface area is 205 Å². The summed E-state index contributed by atoms with van der Waals surface area (Å²) in [5.74, 6) is 0.127. The first-order valence-electron chi connectivity index (χ1n) is 10.1. The van der Waals surface area contributed by atoms with Crippen molar-refractivity contribution in [2.45, 2.75) is 18.7 Å². The molecule has 0 spiro atoms. The Morgan fingerprint density at radius 1 is 1.18 bits per heavy atom. The molecule has 34 heavy (non-hydrogen) atoms. The van der Waals surface area contributed by atoms with Gasteiger partial charge < -0.3 is 24.3 Å². The van der Waals surface area contributed by atoms with E-state index in [2.05, 4.69) is 15.5 Å². The van der Waals surface area contributed by atoms with Gasteiger partial charge in [-0.05, 0) is 24.6 Å². The Morgan fingerprint density at radius 3 is 2.53 bits per heavy atom. The highest BCUT2D eigenvalue weighted by molar-refractivity contribution is 7.99. The van der Waals surface area contributed by atoms with Crippen LogP contribution in [0.25, 0.3) is 0 Å². The minimum atomic E-state index is -0.620. The van der Waals surface area contributed by atoms with E-state index in [1.54, 1.807) is 32.6 Å². The number of esters is 1. The van der Waals surface area contributed by atoms with Gasteiger partial charge >= 0.3 is 5.97 Å². The number of carbonyl (C=O) groups excluding carboxylic acids is 3. The van der Waals surface area contributed by atoms with Gasteiger partial charge in [-0.15, -0.1) is 21.5 Å². The molecule has 3 aromatic rings. The molecule has 0 fully saturated rings. The molecule has 0 unspecified atom stereocenters. The molecule has 0 radical (unpaired) electrons. The highest BCUT2D eigenvalue weighted by atomic mass is 32.2. The number of hydrogen-bond acceptors (Lipinski definition) is 9. The molecule has 0 atom stereocenters. The van der Waals surface area contributed by atoms with Crippen molar-refractivity contribution in [1.82, 2.24) is 19.7 Å². The van der Waals surface area contributed by atoms with Crippen LogP contribution in [0.15, 0.2) is 35.5 Å². The third-order valence-electron chi connectivity index (χ3n) is 4.76. The van der Waals surface area contributed by atoms with Gasteiger partial charge in [0.1, 0.15) is 17.4 Å². The number of thiophene rings is 1. The number of para-hydroxylation sites is 1. The summed E-state index contributed by atoms with van der Waals surface area (Å²) in [7, 11) is 6.28. The zero-order chi connectivity index (χ0) is 24.8. The van der Waals surface area contributed by atoms with Crippen LogP contribution in [0.3, 0.4) is 0 Å². The van der Waals surface area contributed by atoms with Crippen molar-refractivity contribution in [2.75, 3.05) is 32.3 Å². The Kier molecular flexibility index (Phi) is 8.29. The van der Waals surface area contributed by atoms with Crippen LogP contribution in [0.4, 0.5) is 5.00 Å². The highest BCUT2D eigenvalue weighted by Gasteiger charge is 2.27. The Balaban J connectivity index is 1.66. The second-order valence-electron chi connectivity index (χ2n) is 7.35. The second-order valence-corrected chi connectivity index (χ2v) is 9.31. The van der Waals surface area contributed by atoms with E-state index in [1.165, 1.54) is 23.8 Å². The number of benzene rings is 1. The first-order valence-corrected chi connectivity index (χ1v) is 11.9. The van der Waals surface area contributed by atoms with E-state index in [0.29, 0.717) is 21.4 Å². The summed E-state index contributed by atoms with van der Waals surface area (Å²) in [4.78, 5) is 39.2. The van der Waals surface area contributed by atoms with Crippen LogP contribution >= 0.6 is 23.1 Å². The Morgan fingerprint density at radius 2 is 1.88 bits per heavy atom. The van der Waals surface area contributed by atoms with Gasteiger partial charge in [0.15, 0.2) is 11.0 Å². The number of nitrogens with zero attached hydrogens (tertiary/aromatic N) is 4. The van der Waals surface area contributed by atoms with Crippen molar-refractivity contribution in [3.05, 3.63) is 52.2 Å². The predicted octanol–water partition coefficient (Wildman–Crippen LogP) is 2.98. The summed E-state index contributed by atoms with van der Waals surface area (Å²) >= 11 is 2.24. The normalized spacial score (nSPS) is 10.6. The highest BCUT2D eigenvalue weighted by Crippen LogP contribution is 2.34. The number of thioether (sulfide) groups is 1. The molecule has 180 valence electrons. The fourth-order valence-corrected chi connectivity index (χ4v) is 4.87. The topological polar surface area (TPSA) is 116 Å². The number of hydrogen-bond donors (Lipinski definition) is 1. The van der Waals surface area contributed by atoms with E-state index in [4.69, 9.17) is 9.47 Å². The molecule has 0 aliphatic carbocycles. The van der Waals surface area contributed by atoms with Crippen LogP contribution in [0.1, 0.15) is 31.4 Å².